The van der Waals surface area contributed by atoms with Gasteiger partial charge in [0.1, 0.15) is 22.6 Å². The number of rotatable bonds is 13. The number of anilines is 1. The van der Waals surface area contributed by atoms with E-state index in [0.717, 1.165) is 55.2 Å². The van der Waals surface area contributed by atoms with Crippen molar-refractivity contribution in [1.29, 1.82) is 0 Å². The Morgan fingerprint density at radius 3 is 2.61 bits per heavy atom. The molecule has 12 heteroatoms. The Hall–Kier alpha value is -2.65. The predicted octanol–water partition coefficient (Wildman–Crippen LogP) is 5.42. The van der Waals surface area contributed by atoms with Crippen molar-refractivity contribution >= 4 is 62.4 Å². The molecule has 0 unspecified atom stereocenters. The molecule has 5 aromatic rings. The lowest BCUT2D eigenvalue weighted by Crippen LogP contribution is -2.35. The van der Waals surface area contributed by atoms with E-state index in [1.54, 1.807) is 0 Å². The monoisotopic (exact) mass is 771 g/mol. The number of fused-ring (bicyclic) bond motifs is 1. The van der Waals surface area contributed by atoms with Crippen LogP contribution in [0.1, 0.15) is 35.7 Å². The van der Waals surface area contributed by atoms with E-state index >= 15 is 0 Å². The second kappa shape index (κ2) is 15.1. The number of aliphatic hydroxyl groups excluding tert-OH is 2. The molecule has 242 valence electrons. The Balaban J connectivity index is 1.11. The second-order valence-electron chi connectivity index (χ2n) is 12.1. The van der Waals surface area contributed by atoms with Crippen molar-refractivity contribution in [1.82, 2.24) is 29.7 Å². The lowest BCUT2D eigenvalue weighted by atomic mass is 10.1. The molecular formula is C34H39ClIN7O2S. The molecule has 1 aliphatic rings. The normalized spacial score (nSPS) is 19.9. The van der Waals surface area contributed by atoms with Gasteiger partial charge in [0.25, 0.3) is 0 Å². The smallest absolute Gasteiger partial charge is 0.226 e. The lowest BCUT2D eigenvalue weighted by Gasteiger charge is -2.23. The maximum atomic E-state index is 11.3. The number of hydrogen-bond acceptors (Lipinski definition) is 9. The first-order chi connectivity index (χ1) is 22.3. The van der Waals surface area contributed by atoms with Crippen LogP contribution in [0.25, 0.3) is 21.6 Å². The number of nitrogens with zero attached hydrogens (tertiary/aromatic N) is 5. The summed E-state index contributed by atoms with van der Waals surface area (Å²) in [7, 11) is 2.07. The highest BCUT2D eigenvalue weighted by Crippen LogP contribution is 2.42. The number of hydrogen-bond donors (Lipinski definition) is 4. The average molecular weight is 772 g/mol. The topological polar surface area (TPSA) is 125 Å². The van der Waals surface area contributed by atoms with Crippen molar-refractivity contribution in [2.75, 3.05) is 39.0 Å². The third kappa shape index (κ3) is 7.73. The number of halogens is 2. The van der Waals surface area contributed by atoms with Crippen LogP contribution in [0.3, 0.4) is 0 Å². The van der Waals surface area contributed by atoms with Crippen LogP contribution >= 0.6 is 45.5 Å². The van der Waals surface area contributed by atoms with Gasteiger partial charge in [-0.3, -0.25) is 0 Å². The third-order valence-electron chi connectivity index (χ3n) is 8.75. The van der Waals surface area contributed by atoms with Gasteiger partial charge >= 0.3 is 0 Å². The maximum Gasteiger partial charge on any atom is 0.226 e. The number of thiazole rings is 1. The quantitative estimate of drug-likeness (QED) is 0.0711. The molecule has 0 aliphatic heterocycles. The molecule has 4 atom stereocenters. The lowest BCUT2D eigenvalue weighted by molar-refractivity contribution is 0.00170. The highest BCUT2D eigenvalue weighted by Gasteiger charge is 2.43. The number of nitrogens with two attached hydrogens (primary N) is 1. The van der Waals surface area contributed by atoms with Gasteiger partial charge in [-0.15, -0.1) is 11.3 Å². The molecule has 1 fully saturated rings. The van der Waals surface area contributed by atoms with Crippen molar-refractivity contribution < 1.29 is 10.2 Å². The zero-order chi connectivity index (χ0) is 32.2. The third-order valence-corrected chi connectivity index (χ3v) is 10.6. The molecule has 1 saturated carbocycles. The zero-order valence-corrected chi connectivity index (χ0v) is 29.4. The summed E-state index contributed by atoms with van der Waals surface area (Å²) < 4.78 is 3.17. The Morgan fingerprint density at radius 2 is 1.83 bits per heavy atom. The molecule has 0 radical (unpaired) electrons. The van der Waals surface area contributed by atoms with Crippen molar-refractivity contribution in [3.05, 3.63) is 91.8 Å². The molecule has 5 N–H and O–H groups in total. The molecule has 0 bridgehead atoms. The molecule has 46 heavy (non-hydrogen) atoms. The van der Waals surface area contributed by atoms with Crippen LogP contribution < -0.4 is 11.1 Å². The summed E-state index contributed by atoms with van der Waals surface area (Å²) >= 11 is 10.1. The molecule has 0 spiro atoms. The molecule has 0 saturated heterocycles. The number of nitrogen functional groups attached to an aromatic ring is 1. The highest BCUT2D eigenvalue weighted by atomic mass is 127. The van der Waals surface area contributed by atoms with Gasteiger partial charge in [-0.1, -0.05) is 42.5 Å². The van der Waals surface area contributed by atoms with Gasteiger partial charge in [0, 0.05) is 39.6 Å². The fraction of sp³-hybridized carbons (Fsp3) is 0.382. The van der Waals surface area contributed by atoms with E-state index in [1.165, 1.54) is 26.0 Å². The number of nitrogens with one attached hydrogen (secondary N) is 1. The minimum absolute atomic E-state index is 0.0382. The number of aliphatic hydroxyl groups is 2. The molecule has 6 rings (SSSR count). The standard InChI is InChI=1S/C34H39ClIN7O2S/c1-42(15-5-13-38-14-12-21-8-10-24(36)11-9-21)18-23-17-27(30(45)29(23)44)43-19-26(28-31(37)40-34(35)41-32(28)43)33-39-25(20-46-33)16-22-6-3-2-4-7-22/h2-4,6-11,19-20,23,27,29-30,38,44-45H,5,12-18H2,1H3,(H2,37,40,41)/t23-,27-,29-,30+/m1/s1. The zero-order valence-electron chi connectivity index (χ0n) is 25.7. The van der Waals surface area contributed by atoms with E-state index in [4.69, 9.17) is 22.3 Å². The highest BCUT2D eigenvalue weighted by molar-refractivity contribution is 14.1. The molecule has 3 aromatic heterocycles. The SMILES string of the molecule is CN(CCCNCCc1ccc(I)cc1)C[C@H]1C[C@@H](n2cc(-c3nc(Cc4ccccc4)cs3)c3c(N)nc(Cl)nc32)[C@H](O)[C@@H]1O. The van der Waals surface area contributed by atoms with Gasteiger partial charge in [-0.25, -0.2) is 9.97 Å². The van der Waals surface area contributed by atoms with E-state index in [1.807, 2.05) is 29.0 Å². The first-order valence-corrected chi connectivity index (χ1v) is 17.9. The predicted molar refractivity (Wildman–Crippen MR) is 194 cm³/mol. The van der Waals surface area contributed by atoms with E-state index in [9.17, 15) is 10.2 Å². The summed E-state index contributed by atoms with van der Waals surface area (Å²) in [5.74, 6) is 0.159. The van der Waals surface area contributed by atoms with E-state index in [0.29, 0.717) is 24.0 Å². The summed E-state index contributed by atoms with van der Waals surface area (Å²) in [6.07, 6.45) is 3.42. The summed E-state index contributed by atoms with van der Waals surface area (Å²) in [5.41, 5.74) is 11.2. The molecule has 0 amide bonds. The van der Waals surface area contributed by atoms with Crippen LogP contribution in [0.4, 0.5) is 5.82 Å². The molecular weight excluding hydrogens is 733 g/mol. The number of benzene rings is 2. The van der Waals surface area contributed by atoms with Crippen molar-refractivity contribution in [3.63, 3.8) is 0 Å². The Kier molecular flexibility index (Phi) is 10.9. The van der Waals surface area contributed by atoms with Crippen LogP contribution in [0.2, 0.25) is 5.28 Å². The summed E-state index contributed by atoms with van der Waals surface area (Å²) in [6.45, 7) is 3.44. The number of aromatic nitrogens is 4. The molecule has 1 aliphatic carbocycles. The minimum Gasteiger partial charge on any atom is -0.390 e. The van der Waals surface area contributed by atoms with Gasteiger partial charge in [-0.05, 0) is 103 Å². The van der Waals surface area contributed by atoms with Crippen molar-refractivity contribution in [2.45, 2.75) is 43.9 Å². The Morgan fingerprint density at radius 1 is 1.04 bits per heavy atom. The van der Waals surface area contributed by atoms with Crippen molar-refractivity contribution in [2.24, 2.45) is 5.92 Å². The molecule has 3 heterocycles. The van der Waals surface area contributed by atoms with Crippen molar-refractivity contribution in [3.8, 4) is 10.6 Å². The molecule has 9 nitrogen and oxygen atoms in total. The van der Waals surface area contributed by atoms with Crippen LogP contribution in [0.15, 0.2) is 66.2 Å². The van der Waals surface area contributed by atoms with Crippen LogP contribution in [-0.2, 0) is 12.8 Å². The van der Waals surface area contributed by atoms with Gasteiger partial charge in [0.2, 0.25) is 5.28 Å². The average Bonchev–Trinajstić information content (AvgIpc) is 3.73. The van der Waals surface area contributed by atoms with Crippen LogP contribution in [0, 0.1) is 9.49 Å². The van der Waals surface area contributed by atoms with Crippen LogP contribution in [-0.4, -0.2) is 80.1 Å². The van der Waals surface area contributed by atoms with E-state index in [-0.39, 0.29) is 17.0 Å². The fourth-order valence-electron chi connectivity index (χ4n) is 6.41. The van der Waals surface area contributed by atoms with Gasteiger partial charge < -0.3 is 30.7 Å². The maximum absolute atomic E-state index is 11.3. The Labute approximate surface area is 292 Å². The summed E-state index contributed by atoms with van der Waals surface area (Å²) in [5, 5.41) is 29.5. The second-order valence-corrected chi connectivity index (χ2v) is 14.6. The molecule has 2 aromatic carbocycles. The largest absolute Gasteiger partial charge is 0.390 e. The van der Waals surface area contributed by atoms with Gasteiger partial charge in [-0.2, -0.15) is 4.98 Å². The van der Waals surface area contributed by atoms with Crippen LogP contribution in [0.5, 0.6) is 0 Å². The minimum atomic E-state index is -0.968. The van der Waals surface area contributed by atoms with Gasteiger partial charge in [0.05, 0.1) is 23.2 Å². The van der Waals surface area contributed by atoms with E-state index < -0.39 is 18.2 Å². The first-order valence-electron chi connectivity index (χ1n) is 15.6. The fourth-order valence-corrected chi connectivity index (χ4v) is 7.78. The van der Waals surface area contributed by atoms with E-state index in [2.05, 4.69) is 91.6 Å². The summed E-state index contributed by atoms with van der Waals surface area (Å²) in [4.78, 5) is 15.9. The summed E-state index contributed by atoms with van der Waals surface area (Å²) in [6, 6.07) is 18.5. The Bertz CT molecular complexity index is 1750. The first kappa shape index (κ1) is 33.3. The van der Waals surface area contributed by atoms with Gasteiger partial charge in [0.15, 0.2) is 0 Å².